The van der Waals surface area contributed by atoms with E-state index in [1.54, 1.807) is 6.20 Å². The number of anilines is 1. The molecule has 4 nitrogen and oxygen atoms in total. The third kappa shape index (κ3) is 2.26. The minimum absolute atomic E-state index is 0.690. The van der Waals surface area contributed by atoms with E-state index in [0.29, 0.717) is 6.54 Å². The molecular formula is C9H10N4S. The zero-order chi connectivity index (χ0) is 9.80. The fourth-order valence-corrected chi connectivity index (χ4v) is 1.61. The molecule has 0 saturated heterocycles. The molecule has 0 aliphatic heterocycles. The van der Waals surface area contributed by atoms with Gasteiger partial charge in [-0.05, 0) is 19.1 Å². The van der Waals surface area contributed by atoms with Gasteiger partial charge in [-0.2, -0.15) is 4.37 Å². The highest BCUT2D eigenvalue weighted by Gasteiger charge is 1.99. The molecule has 0 spiro atoms. The number of aromatic nitrogens is 3. The van der Waals surface area contributed by atoms with Crippen LogP contribution in [0.2, 0.25) is 0 Å². The maximum atomic E-state index is 4.19. The van der Waals surface area contributed by atoms with Crippen molar-refractivity contribution in [1.29, 1.82) is 0 Å². The highest BCUT2D eigenvalue weighted by Crippen LogP contribution is 2.10. The average Bonchev–Trinajstić information content (AvgIpc) is 2.63. The number of nitrogens with zero attached hydrogens (tertiary/aromatic N) is 3. The van der Waals surface area contributed by atoms with Crippen molar-refractivity contribution in [3.63, 3.8) is 0 Å². The molecule has 0 saturated carbocycles. The van der Waals surface area contributed by atoms with Gasteiger partial charge in [0, 0.05) is 17.7 Å². The lowest BCUT2D eigenvalue weighted by Crippen LogP contribution is -2.00. The van der Waals surface area contributed by atoms with E-state index in [1.807, 2.05) is 25.1 Å². The van der Waals surface area contributed by atoms with E-state index in [-0.39, 0.29) is 0 Å². The van der Waals surface area contributed by atoms with Crippen LogP contribution in [0.3, 0.4) is 0 Å². The lowest BCUT2D eigenvalue weighted by atomic mass is 10.3. The monoisotopic (exact) mass is 206 g/mol. The second-order valence-corrected chi connectivity index (χ2v) is 3.57. The molecule has 0 aromatic carbocycles. The Hall–Kier alpha value is -1.49. The van der Waals surface area contributed by atoms with Crippen LogP contribution in [0.1, 0.15) is 11.5 Å². The Bertz CT molecular complexity index is 398. The van der Waals surface area contributed by atoms with Gasteiger partial charge in [-0.25, -0.2) is 4.98 Å². The molecule has 2 aromatic rings. The Morgan fingerprint density at radius 1 is 1.43 bits per heavy atom. The summed E-state index contributed by atoms with van der Waals surface area (Å²) in [4.78, 5) is 8.39. The summed E-state index contributed by atoms with van der Waals surface area (Å²) in [5, 5.41) is 4.01. The highest BCUT2D eigenvalue weighted by atomic mass is 32.1. The Kier molecular flexibility index (Phi) is 2.69. The fourth-order valence-electron chi connectivity index (χ4n) is 1.04. The molecule has 1 N–H and O–H groups in total. The van der Waals surface area contributed by atoms with Crippen LogP contribution in [0.4, 0.5) is 5.13 Å². The Morgan fingerprint density at radius 3 is 3.00 bits per heavy atom. The number of nitrogens with one attached hydrogen (secondary N) is 1. The van der Waals surface area contributed by atoms with Gasteiger partial charge in [-0.3, -0.25) is 4.98 Å². The van der Waals surface area contributed by atoms with Gasteiger partial charge in [0.2, 0.25) is 5.13 Å². The molecule has 0 aliphatic carbocycles. The third-order valence-electron chi connectivity index (χ3n) is 1.67. The molecule has 14 heavy (non-hydrogen) atoms. The predicted molar refractivity (Wildman–Crippen MR) is 56.2 cm³/mol. The summed E-state index contributed by atoms with van der Waals surface area (Å²) in [6.45, 7) is 2.57. The Balaban J connectivity index is 1.95. The lowest BCUT2D eigenvalue weighted by Gasteiger charge is -1.99. The van der Waals surface area contributed by atoms with E-state index >= 15 is 0 Å². The standard InChI is InChI=1S/C9H10N4S/c1-7-12-9(14-13-7)11-6-8-4-2-3-5-10-8/h2-5H,6H2,1H3,(H,11,12,13). The van der Waals surface area contributed by atoms with Crippen molar-refractivity contribution in [2.24, 2.45) is 0 Å². The number of hydrogen-bond acceptors (Lipinski definition) is 5. The van der Waals surface area contributed by atoms with Crippen LogP contribution in [-0.2, 0) is 6.54 Å². The molecule has 2 aromatic heterocycles. The van der Waals surface area contributed by atoms with Crippen molar-refractivity contribution in [1.82, 2.24) is 14.3 Å². The van der Waals surface area contributed by atoms with Crippen molar-refractivity contribution >= 4 is 16.7 Å². The van der Waals surface area contributed by atoms with Crippen LogP contribution in [0.15, 0.2) is 24.4 Å². The number of aryl methyl sites for hydroxylation is 1. The van der Waals surface area contributed by atoms with Crippen molar-refractivity contribution in [3.8, 4) is 0 Å². The van der Waals surface area contributed by atoms with E-state index in [4.69, 9.17) is 0 Å². The van der Waals surface area contributed by atoms with Gasteiger partial charge in [0.1, 0.15) is 5.82 Å². The molecule has 0 amide bonds. The summed E-state index contributed by atoms with van der Waals surface area (Å²) in [6, 6.07) is 5.84. The summed E-state index contributed by atoms with van der Waals surface area (Å²) >= 11 is 1.37. The minimum Gasteiger partial charge on any atom is -0.355 e. The van der Waals surface area contributed by atoms with Crippen LogP contribution < -0.4 is 5.32 Å². The van der Waals surface area contributed by atoms with Gasteiger partial charge < -0.3 is 5.32 Å². The molecule has 0 radical (unpaired) electrons. The Morgan fingerprint density at radius 2 is 2.36 bits per heavy atom. The van der Waals surface area contributed by atoms with Crippen LogP contribution >= 0.6 is 11.5 Å². The molecular weight excluding hydrogens is 196 g/mol. The zero-order valence-electron chi connectivity index (χ0n) is 7.77. The van der Waals surface area contributed by atoms with Crippen molar-refractivity contribution < 1.29 is 0 Å². The third-order valence-corrected chi connectivity index (χ3v) is 2.44. The summed E-state index contributed by atoms with van der Waals surface area (Å²) in [5.41, 5.74) is 1.00. The van der Waals surface area contributed by atoms with E-state index < -0.39 is 0 Å². The first-order valence-electron chi connectivity index (χ1n) is 4.29. The summed E-state index contributed by atoms with van der Waals surface area (Å²) in [6.07, 6.45) is 1.78. The van der Waals surface area contributed by atoms with Gasteiger partial charge >= 0.3 is 0 Å². The largest absolute Gasteiger partial charge is 0.355 e. The van der Waals surface area contributed by atoms with Gasteiger partial charge in [-0.15, -0.1) is 0 Å². The SMILES string of the molecule is Cc1nsc(NCc2ccccn2)n1. The van der Waals surface area contributed by atoms with Crippen molar-refractivity contribution in [2.45, 2.75) is 13.5 Å². The van der Waals surface area contributed by atoms with Crippen molar-refractivity contribution in [3.05, 3.63) is 35.9 Å². The Labute approximate surface area is 86.2 Å². The predicted octanol–water partition coefficient (Wildman–Crippen LogP) is 1.85. The lowest BCUT2D eigenvalue weighted by molar-refractivity contribution is 1.03. The topological polar surface area (TPSA) is 50.7 Å². The van der Waals surface area contributed by atoms with Crippen molar-refractivity contribution in [2.75, 3.05) is 5.32 Å². The molecule has 72 valence electrons. The second kappa shape index (κ2) is 4.15. The zero-order valence-corrected chi connectivity index (χ0v) is 8.58. The number of pyridine rings is 1. The first-order valence-corrected chi connectivity index (χ1v) is 5.06. The highest BCUT2D eigenvalue weighted by molar-refractivity contribution is 7.09. The smallest absolute Gasteiger partial charge is 0.202 e. The van der Waals surface area contributed by atoms with Gasteiger partial charge in [0.05, 0.1) is 12.2 Å². The number of rotatable bonds is 3. The molecule has 0 bridgehead atoms. The summed E-state index contributed by atoms with van der Waals surface area (Å²) in [5.74, 6) is 0.804. The van der Waals surface area contributed by atoms with Gasteiger partial charge in [0.15, 0.2) is 0 Å². The van der Waals surface area contributed by atoms with Crippen LogP contribution in [-0.4, -0.2) is 14.3 Å². The molecule has 0 unspecified atom stereocenters. The van der Waals surface area contributed by atoms with Crippen LogP contribution in [0, 0.1) is 6.92 Å². The molecule has 2 heterocycles. The van der Waals surface area contributed by atoms with E-state index in [9.17, 15) is 0 Å². The number of hydrogen-bond donors (Lipinski definition) is 1. The molecule has 0 fully saturated rings. The van der Waals surface area contributed by atoms with E-state index in [0.717, 1.165) is 16.6 Å². The average molecular weight is 206 g/mol. The van der Waals surface area contributed by atoms with Crippen LogP contribution in [0.25, 0.3) is 0 Å². The quantitative estimate of drug-likeness (QED) is 0.832. The normalized spacial score (nSPS) is 10.1. The van der Waals surface area contributed by atoms with Gasteiger partial charge in [-0.1, -0.05) is 6.07 Å². The fraction of sp³-hybridized carbons (Fsp3) is 0.222. The molecule has 5 heteroatoms. The minimum atomic E-state index is 0.690. The first kappa shape index (κ1) is 9.08. The summed E-state index contributed by atoms with van der Waals surface area (Å²) in [7, 11) is 0. The molecule has 0 atom stereocenters. The molecule has 2 rings (SSSR count). The van der Waals surface area contributed by atoms with E-state index in [1.165, 1.54) is 11.5 Å². The maximum absolute atomic E-state index is 4.19. The van der Waals surface area contributed by atoms with Crippen LogP contribution in [0.5, 0.6) is 0 Å². The molecule has 0 aliphatic rings. The summed E-state index contributed by atoms with van der Waals surface area (Å²) < 4.78 is 4.08. The maximum Gasteiger partial charge on any atom is 0.202 e. The van der Waals surface area contributed by atoms with E-state index in [2.05, 4.69) is 19.7 Å². The first-order chi connectivity index (χ1) is 6.84. The second-order valence-electron chi connectivity index (χ2n) is 2.82. The van der Waals surface area contributed by atoms with Gasteiger partial charge in [0.25, 0.3) is 0 Å².